The lowest BCUT2D eigenvalue weighted by molar-refractivity contribution is 0.102. The van der Waals surface area contributed by atoms with Crippen LogP contribution in [0.25, 0.3) is 0 Å². The summed E-state index contributed by atoms with van der Waals surface area (Å²) in [5.41, 5.74) is 1.17. The number of hydrogen-bond acceptors (Lipinski definition) is 2. The summed E-state index contributed by atoms with van der Waals surface area (Å²) in [6, 6.07) is 10.4. The van der Waals surface area contributed by atoms with Gasteiger partial charge in [-0.2, -0.15) is 0 Å². The molecule has 0 aliphatic rings. The second kappa shape index (κ2) is 6.61. The van der Waals surface area contributed by atoms with Crippen LogP contribution in [-0.2, 0) is 0 Å². The topological polar surface area (TPSA) is 38.3 Å². The van der Waals surface area contributed by atoms with Crippen LogP contribution < -0.4 is 10.1 Å². The number of hydrogen-bond donors (Lipinski definition) is 1. The second-order valence-electron chi connectivity index (χ2n) is 3.93. The summed E-state index contributed by atoms with van der Waals surface area (Å²) >= 11 is 12.6. The number of rotatable bonds is 3. The molecule has 0 unspecified atom stereocenters. The third kappa shape index (κ3) is 3.53. The minimum Gasteiger partial charge on any atom is -0.495 e. The lowest BCUT2D eigenvalue weighted by Crippen LogP contribution is -2.11. The molecule has 104 valence electrons. The summed E-state index contributed by atoms with van der Waals surface area (Å²) in [6.45, 7) is 0. The van der Waals surface area contributed by atoms with E-state index in [2.05, 4.69) is 37.2 Å². The summed E-state index contributed by atoms with van der Waals surface area (Å²) in [4.78, 5) is 12.1. The van der Waals surface area contributed by atoms with Crippen molar-refractivity contribution in [3.8, 4) is 5.75 Å². The molecule has 0 fully saturated rings. The highest BCUT2D eigenvalue weighted by atomic mass is 79.9. The first-order chi connectivity index (χ1) is 9.51. The van der Waals surface area contributed by atoms with Gasteiger partial charge in [0.1, 0.15) is 5.75 Å². The molecular weight excluding hydrogens is 409 g/mol. The van der Waals surface area contributed by atoms with E-state index in [1.807, 2.05) is 6.07 Å². The Hall–Kier alpha value is -1.04. The Morgan fingerprint density at radius 3 is 2.55 bits per heavy atom. The van der Waals surface area contributed by atoms with Crippen molar-refractivity contribution in [1.29, 1.82) is 0 Å². The third-order valence-electron chi connectivity index (χ3n) is 2.59. The van der Waals surface area contributed by atoms with Crippen LogP contribution in [0.5, 0.6) is 5.75 Å². The number of anilines is 1. The summed E-state index contributed by atoms with van der Waals surface area (Å²) in [5, 5.41) is 3.37. The predicted molar refractivity (Wildman–Crippen MR) is 87.8 cm³/mol. The summed E-state index contributed by atoms with van der Waals surface area (Å²) < 4.78 is 6.69. The van der Waals surface area contributed by atoms with E-state index in [1.54, 1.807) is 37.4 Å². The highest BCUT2D eigenvalue weighted by molar-refractivity contribution is 9.10. The van der Waals surface area contributed by atoms with Crippen molar-refractivity contribution in [2.45, 2.75) is 0 Å². The lowest BCUT2D eigenvalue weighted by atomic mass is 10.2. The van der Waals surface area contributed by atoms with Crippen molar-refractivity contribution in [1.82, 2.24) is 0 Å². The molecule has 0 aliphatic heterocycles. The number of benzene rings is 2. The maximum atomic E-state index is 12.1. The van der Waals surface area contributed by atoms with E-state index in [1.165, 1.54) is 0 Å². The molecule has 0 saturated heterocycles. The monoisotopic (exact) mass is 417 g/mol. The van der Waals surface area contributed by atoms with Gasteiger partial charge in [0.15, 0.2) is 0 Å². The van der Waals surface area contributed by atoms with Gasteiger partial charge in [-0.1, -0.05) is 11.6 Å². The molecule has 6 heteroatoms. The highest BCUT2D eigenvalue weighted by Crippen LogP contribution is 2.28. The van der Waals surface area contributed by atoms with Crippen LogP contribution in [0.2, 0.25) is 5.02 Å². The normalized spacial score (nSPS) is 10.2. The Balaban J connectivity index is 2.21. The van der Waals surface area contributed by atoms with E-state index in [4.69, 9.17) is 16.3 Å². The number of carbonyl (C=O) groups excluding carboxylic acids is 1. The lowest BCUT2D eigenvalue weighted by Gasteiger charge is -2.09. The van der Waals surface area contributed by atoms with E-state index in [0.29, 0.717) is 26.5 Å². The first kappa shape index (κ1) is 15.4. The number of nitrogens with one attached hydrogen (secondary N) is 1. The Morgan fingerprint density at radius 1 is 1.15 bits per heavy atom. The molecule has 0 radical (unpaired) electrons. The van der Waals surface area contributed by atoms with Crippen LogP contribution in [0.1, 0.15) is 10.4 Å². The van der Waals surface area contributed by atoms with Gasteiger partial charge in [-0.3, -0.25) is 4.79 Å². The molecule has 2 aromatic carbocycles. The molecule has 0 spiro atoms. The zero-order chi connectivity index (χ0) is 14.7. The van der Waals surface area contributed by atoms with E-state index < -0.39 is 0 Å². The van der Waals surface area contributed by atoms with Crippen molar-refractivity contribution in [2.75, 3.05) is 12.4 Å². The average Bonchev–Trinajstić information content (AvgIpc) is 2.43. The molecular formula is C14H10Br2ClNO2. The average molecular weight is 420 g/mol. The van der Waals surface area contributed by atoms with Crippen LogP contribution in [0.3, 0.4) is 0 Å². The maximum absolute atomic E-state index is 12.1. The van der Waals surface area contributed by atoms with Crippen molar-refractivity contribution < 1.29 is 9.53 Å². The summed E-state index contributed by atoms with van der Waals surface area (Å²) in [5.74, 6) is 0.437. The minimum absolute atomic E-state index is 0.216. The molecule has 1 amide bonds. The van der Waals surface area contributed by atoms with Crippen LogP contribution >= 0.6 is 43.5 Å². The Morgan fingerprint density at radius 2 is 1.90 bits per heavy atom. The number of methoxy groups -OCH3 is 1. The molecule has 0 bridgehead atoms. The van der Waals surface area contributed by atoms with Crippen molar-refractivity contribution in [2.24, 2.45) is 0 Å². The molecule has 0 aliphatic carbocycles. The Bertz CT molecular complexity index is 662. The predicted octanol–water partition coefficient (Wildman–Crippen LogP) is 5.13. The zero-order valence-corrected chi connectivity index (χ0v) is 14.3. The summed E-state index contributed by atoms with van der Waals surface area (Å²) in [6.07, 6.45) is 0. The number of carbonyl (C=O) groups is 1. The van der Waals surface area contributed by atoms with Crippen LogP contribution in [0.15, 0.2) is 45.3 Å². The van der Waals surface area contributed by atoms with E-state index in [9.17, 15) is 4.79 Å². The quantitative estimate of drug-likeness (QED) is 0.749. The Kier molecular flexibility index (Phi) is 5.07. The molecule has 1 N–H and O–H groups in total. The van der Waals surface area contributed by atoms with Crippen molar-refractivity contribution in [3.63, 3.8) is 0 Å². The van der Waals surface area contributed by atoms with E-state index in [-0.39, 0.29) is 5.91 Å². The van der Waals surface area contributed by atoms with Gasteiger partial charge in [-0.05, 0) is 62.2 Å². The van der Waals surface area contributed by atoms with Crippen LogP contribution in [0, 0.1) is 0 Å². The first-order valence-corrected chi connectivity index (χ1v) is 7.57. The third-order valence-corrected chi connectivity index (χ3v) is 4.46. The number of amides is 1. The first-order valence-electron chi connectivity index (χ1n) is 5.61. The Labute approximate surface area is 138 Å². The van der Waals surface area contributed by atoms with Crippen molar-refractivity contribution in [3.05, 3.63) is 55.9 Å². The van der Waals surface area contributed by atoms with Gasteiger partial charge in [-0.15, -0.1) is 0 Å². The van der Waals surface area contributed by atoms with Gasteiger partial charge >= 0.3 is 0 Å². The molecule has 0 atom stereocenters. The standard InChI is InChI=1S/C14H10Br2ClNO2/c1-20-13-7-9(3-4-10(13)15)18-14(19)8-2-5-12(17)11(16)6-8/h2-7H,1H3,(H,18,19). The molecule has 3 nitrogen and oxygen atoms in total. The zero-order valence-electron chi connectivity index (χ0n) is 10.4. The van der Waals surface area contributed by atoms with Gasteiger partial charge in [-0.25, -0.2) is 0 Å². The van der Waals surface area contributed by atoms with Gasteiger partial charge in [0.25, 0.3) is 5.91 Å². The molecule has 0 heterocycles. The molecule has 2 rings (SSSR count). The van der Waals surface area contributed by atoms with E-state index in [0.717, 1.165) is 4.47 Å². The minimum atomic E-state index is -0.216. The van der Waals surface area contributed by atoms with Crippen LogP contribution in [0.4, 0.5) is 5.69 Å². The van der Waals surface area contributed by atoms with Gasteiger partial charge in [0, 0.05) is 21.8 Å². The number of halogens is 3. The molecule has 0 saturated carbocycles. The largest absolute Gasteiger partial charge is 0.495 e. The highest BCUT2D eigenvalue weighted by Gasteiger charge is 2.09. The van der Waals surface area contributed by atoms with Crippen molar-refractivity contribution >= 4 is 55.1 Å². The fourth-order valence-corrected chi connectivity index (χ4v) is 2.48. The second-order valence-corrected chi connectivity index (χ2v) is 6.05. The molecule has 0 aromatic heterocycles. The fourth-order valence-electron chi connectivity index (χ4n) is 1.58. The van der Waals surface area contributed by atoms with Crippen LogP contribution in [-0.4, -0.2) is 13.0 Å². The molecule has 20 heavy (non-hydrogen) atoms. The number of ether oxygens (including phenoxy) is 1. The van der Waals surface area contributed by atoms with Gasteiger partial charge < -0.3 is 10.1 Å². The smallest absolute Gasteiger partial charge is 0.255 e. The fraction of sp³-hybridized carbons (Fsp3) is 0.0714. The van der Waals surface area contributed by atoms with Gasteiger partial charge in [0.05, 0.1) is 16.6 Å². The van der Waals surface area contributed by atoms with Gasteiger partial charge in [0.2, 0.25) is 0 Å². The van der Waals surface area contributed by atoms with E-state index >= 15 is 0 Å². The maximum Gasteiger partial charge on any atom is 0.255 e. The summed E-state index contributed by atoms with van der Waals surface area (Å²) in [7, 11) is 1.57. The SMILES string of the molecule is COc1cc(NC(=O)c2ccc(Cl)c(Br)c2)ccc1Br. The molecule has 2 aromatic rings.